The number of carbonyl (C=O) groups excluding carboxylic acids is 2. The predicted molar refractivity (Wildman–Crippen MR) is 111 cm³/mol. The van der Waals surface area contributed by atoms with Crippen molar-refractivity contribution < 1.29 is 9.59 Å². The Bertz CT molecular complexity index is 1000. The normalized spacial score (nSPS) is 10.4. The summed E-state index contributed by atoms with van der Waals surface area (Å²) in [7, 11) is 0. The van der Waals surface area contributed by atoms with Gasteiger partial charge in [0.05, 0.1) is 0 Å². The third-order valence-corrected chi connectivity index (χ3v) is 4.69. The molecule has 142 valence electrons. The molecule has 0 saturated carbocycles. The van der Waals surface area contributed by atoms with E-state index in [1.54, 1.807) is 30.3 Å². The number of nitrogens with one attached hydrogen (secondary N) is 2. The van der Waals surface area contributed by atoms with Crippen LogP contribution >= 0.6 is 11.6 Å². The number of aryl methyl sites for hydroxylation is 1. The van der Waals surface area contributed by atoms with Crippen LogP contribution < -0.4 is 10.6 Å². The molecule has 3 aromatic rings. The number of halogens is 1. The second-order valence-electron chi connectivity index (χ2n) is 6.53. The molecule has 0 aliphatic heterocycles. The third kappa shape index (κ3) is 5.21. The number of benzene rings is 3. The molecule has 0 aliphatic rings. The number of hydrogen-bond donors (Lipinski definition) is 2. The molecule has 0 aliphatic carbocycles. The van der Waals surface area contributed by atoms with Crippen molar-refractivity contribution in [2.24, 2.45) is 0 Å². The largest absolute Gasteiger partial charge is 0.348 e. The van der Waals surface area contributed by atoms with Crippen LogP contribution in [0.15, 0.2) is 72.8 Å². The van der Waals surface area contributed by atoms with Crippen molar-refractivity contribution in [2.75, 3.05) is 0 Å². The highest BCUT2D eigenvalue weighted by atomic mass is 35.5. The maximum atomic E-state index is 12.4. The van der Waals surface area contributed by atoms with Gasteiger partial charge in [0.1, 0.15) is 0 Å². The lowest BCUT2D eigenvalue weighted by molar-refractivity contribution is 0.0950. The summed E-state index contributed by atoms with van der Waals surface area (Å²) >= 11 is 6.11. The van der Waals surface area contributed by atoms with E-state index in [2.05, 4.69) is 10.6 Å². The molecule has 28 heavy (non-hydrogen) atoms. The number of hydrogen-bond acceptors (Lipinski definition) is 2. The summed E-state index contributed by atoms with van der Waals surface area (Å²) in [6, 6.07) is 22.0. The van der Waals surface area contributed by atoms with E-state index in [4.69, 9.17) is 11.6 Å². The molecule has 0 fully saturated rings. The monoisotopic (exact) mass is 392 g/mol. The highest BCUT2D eigenvalue weighted by Crippen LogP contribution is 2.15. The molecule has 2 amide bonds. The molecule has 3 rings (SSSR count). The van der Waals surface area contributed by atoms with E-state index in [9.17, 15) is 9.59 Å². The predicted octanol–water partition coefficient (Wildman–Crippen LogP) is 4.51. The van der Waals surface area contributed by atoms with Gasteiger partial charge in [0.25, 0.3) is 11.8 Å². The maximum Gasteiger partial charge on any atom is 0.251 e. The Morgan fingerprint density at radius 2 is 1.43 bits per heavy atom. The SMILES string of the molecule is Cc1cccc(CNC(=O)c2cccc(C(=O)NCc3ccccc3Cl)c2)c1. The van der Waals surface area contributed by atoms with Crippen molar-refractivity contribution in [3.63, 3.8) is 0 Å². The van der Waals surface area contributed by atoms with E-state index in [0.717, 1.165) is 16.7 Å². The summed E-state index contributed by atoms with van der Waals surface area (Å²) in [5.74, 6) is -0.476. The molecule has 0 radical (unpaired) electrons. The molecule has 4 nitrogen and oxygen atoms in total. The highest BCUT2D eigenvalue weighted by Gasteiger charge is 2.11. The van der Waals surface area contributed by atoms with Gasteiger partial charge in [-0.25, -0.2) is 0 Å². The molecule has 0 atom stereocenters. The van der Waals surface area contributed by atoms with Crippen molar-refractivity contribution >= 4 is 23.4 Å². The van der Waals surface area contributed by atoms with E-state index in [0.29, 0.717) is 29.2 Å². The van der Waals surface area contributed by atoms with Gasteiger partial charge in [0.15, 0.2) is 0 Å². The molecule has 0 heterocycles. The Morgan fingerprint density at radius 1 is 0.786 bits per heavy atom. The fourth-order valence-corrected chi connectivity index (χ4v) is 3.03. The molecule has 3 aromatic carbocycles. The van der Waals surface area contributed by atoms with Crippen molar-refractivity contribution in [3.05, 3.63) is 106 Å². The number of amides is 2. The number of carbonyl (C=O) groups is 2. The standard InChI is InChI=1S/C23H21ClN2O2/c1-16-6-4-7-17(12-16)14-25-22(27)18-9-5-10-19(13-18)23(28)26-15-20-8-2-3-11-21(20)24/h2-13H,14-15H2,1H3,(H,25,27)(H,26,28). The Balaban J connectivity index is 1.61. The van der Waals surface area contributed by atoms with Gasteiger partial charge in [-0.05, 0) is 42.3 Å². The highest BCUT2D eigenvalue weighted by molar-refractivity contribution is 6.31. The Kier molecular flexibility index (Phi) is 6.45. The van der Waals surface area contributed by atoms with Crippen LogP contribution in [-0.4, -0.2) is 11.8 Å². The van der Waals surface area contributed by atoms with Crippen LogP contribution in [0.1, 0.15) is 37.4 Å². The van der Waals surface area contributed by atoms with Crippen LogP contribution in [0.5, 0.6) is 0 Å². The average molecular weight is 393 g/mol. The smallest absolute Gasteiger partial charge is 0.251 e. The molecule has 0 aromatic heterocycles. The fourth-order valence-electron chi connectivity index (χ4n) is 2.83. The first-order chi connectivity index (χ1) is 13.5. The van der Waals surface area contributed by atoms with Gasteiger partial charge in [-0.15, -0.1) is 0 Å². The summed E-state index contributed by atoms with van der Waals surface area (Å²) in [6.07, 6.45) is 0. The first-order valence-corrected chi connectivity index (χ1v) is 9.36. The summed E-state index contributed by atoms with van der Waals surface area (Å²) in [4.78, 5) is 24.9. The lowest BCUT2D eigenvalue weighted by Gasteiger charge is -2.09. The van der Waals surface area contributed by atoms with Gasteiger partial charge in [0, 0.05) is 29.2 Å². The van der Waals surface area contributed by atoms with Gasteiger partial charge in [-0.1, -0.05) is 65.7 Å². The second kappa shape index (κ2) is 9.20. The van der Waals surface area contributed by atoms with Gasteiger partial charge < -0.3 is 10.6 Å². The third-order valence-electron chi connectivity index (χ3n) is 4.32. The molecule has 5 heteroatoms. The number of rotatable bonds is 6. The van der Waals surface area contributed by atoms with Gasteiger partial charge in [-0.2, -0.15) is 0 Å². The average Bonchev–Trinajstić information content (AvgIpc) is 2.71. The van der Waals surface area contributed by atoms with E-state index in [1.165, 1.54) is 0 Å². The maximum absolute atomic E-state index is 12.4. The van der Waals surface area contributed by atoms with Crippen LogP contribution in [0, 0.1) is 6.92 Å². The van der Waals surface area contributed by atoms with E-state index < -0.39 is 0 Å². The quantitative estimate of drug-likeness (QED) is 0.648. The van der Waals surface area contributed by atoms with Crippen LogP contribution in [0.25, 0.3) is 0 Å². The van der Waals surface area contributed by atoms with Crippen LogP contribution in [0.3, 0.4) is 0 Å². The lowest BCUT2D eigenvalue weighted by Crippen LogP contribution is -2.25. The summed E-state index contributed by atoms with van der Waals surface area (Å²) < 4.78 is 0. The Morgan fingerprint density at radius 3 is 2.11 bits per heavy atom. The zero-order chi connectivity index (χ0) is 19.9. The van der Waals surface area contributed by atoms with Gasteiger partial charge in [-0.3, -0.25) is 9.59 Å². The fraction of sp³-hybridized carbons (Fsp3) is 0.130. The Labute approximate surface area is 169 Å². The van der Waals surface area contributed by atoms with Crippen molar-refractivity contribution in [1.29, 1.82) is 0 Å². The molecule has 2 N–H and O–H groups in total. The van der Waals surface area contributed by atoms with Gasteiger partial charge in [0.2, 0.25) is 0 Å². The summed E-state index contributed by atoms with van der Waals surface area (Å²) in [5, 5.41) is 6.32. The minimum atomic E-state index is -0.256. The molecule has 0 saturated heterocycles. The van der Waals surface area contributed by atoms with Crippen molar-refractivity contribution in [3.8, 4) is 0 Å². The van der Waals surface area contributed by atoms with Gasteiger partial charge >= 0.3 is 0 Å². The van der Waals surface area contributed by atoms with E-state index in [-0.39, 0.29) is 11.8 Å². The minimum Gasteiger partial charge on any atom is -0.348 e. The van der Waals surface area contributed by atoms with Crippen molar-refractivity contribution in [1.82, 2.24) is 10.6 Å². The molecular formula is C23H21ClN2O2. The summed E-state index contributed by atoms with van der Waals surface area (Å²) in [5.41, 5.74) is 3.88. The Hall–Kier alpha value is -3.11. The second-order valence-corrected chi connectivity index (χ2v) is 6.93. The van der Waals surface area contributed by atoms with E-state index >= 15 is 0 Å². The van der Waals surface area contributed by atoms with Crippen molar-refractivity contribution in [2.45, 2.75) is 20.0 Å². The van der Waals surface area contributed by atoms with Crippen LogP contribution in [0.2, 0.25) is 5.02 Å². The molecule has 0 spiro atoms. The molecular weight excluding hydrogens is 372 g/mol. The van der Waals surface area contributed by atoms with Crippen LogP contribution in [-0.2, 0) is 13.1 Å². The minimum absolute atomic E-state index is 0.220. The first kappa shape index (κ1) is 19.6. The first-order valence-electron chi connectivity index (χ1n) is 8.98. The summed E-state index contributed by atoms with van der Waals surface area (Å²) in [6.45, 7) is 2.77. The van der Waals surface area contributed by atoms with E-state index in [1.807, 2.05) is 49.4 Å². The lowest BCUT2D eigenvalue weighted by atomic mass is 10.1. The zero-order valence-electron chi connectivity index (χ0n) is 15.5. The topological polar surface area (TPSA) is 58.2 Å². The zero-order valence-corrected chi connectivity index (χ0v) is 16.3. The molecule has 0 unspecified atom stereocenters. The molecule has 0 bridgehead atoms. The van der Waals surface area contributed by atoms with Crippen LogP contribution in [0.4, 0.5) is 0 Å².